The van der Waals surface area contributed by atoms with Crippen molar-refractivity contribution in [3.63, 3.8) is 0 Å². The van der Waals surface area contributed by atoms with Gasteiger partial charge in [0.1, 0.15) is 12.2 Å². The number of rotatable bonds is 8. The van der Waals surface area contributed by atoms with E-state index in [2.05, 4.69) is 10.6 Å². The van der Waals surface area contributed by atoms with Crippen LogP contribution in [-0.2, 0) is 22.6 Å². The van der Waals surface area contributed by atoms with Gasteiger partial charge in [-0.25, -0.2) is 0 Å². The van der Waals surface area contributed by atoms with E-state index in [1.165, 1.54) is 0 Å². The maximum absolute atomic E-state index is 11.8. The van der Waals surface area contributed by atoms with E-state index in [4.69, 9.17) is 16.3 Å². The number of amides is 2. The van der Waals surface area contributed by atoms with Crippen LogP contribution in [0, 0.1) is 0 Å². The molecule has 0 aliphatic rings. The van der Waals surface area contributed by atoms with Crippen LogP contribution >= 0.6 is 11.6 Å². The minimum absolute atomic E-state index is 0.206. The Morgan fingerprint density at radius 2 is 1.80 bits per heavy atom. The van der Waals surface area contributed by atoms with E-state index >= 15 is 0 Å². The molecule has 0 heterocycles. The van der Waals surface area contributed by atoms with Crippen molar-refractivity contribution in [2.75, 3.05) is 13.7 Å². The van der Waals surface area contributed by atoms with Crippen LogP contribution in [0.4, 0.5) is 0 Å². The first-order valence-electron chi connectivity index (χ1n) is 7.98. The Kier molecular flexibility index (Phi) is 7.29. The monoisotopic (exact) mass is 360 g/mol. The quantitative estimate of drug-likeness (QED) is 0.711. The molecule has 5 nitrogen and oxygen atoms in total. The van der Waals surface area contributed by atoms with Crippen LogP contribution in [0.3, 0.4) is 0 Å². The highest BCUT2D eigenvalue weighted by Gasteiger charge is 2.09. The summed E-state index contributed by atoms with van der Waals surface area (Å²) in [5.41, 5.74) is 1.87. The summed E-state index contributed by atoms with van der Waals surface area (Å²) in [5.74, 6) is 0.140. The van der Waals surface area contributed by atoms with Crippen LogP contribution in [-0.4, -0.2) is 25.5 Å². The Morgan fingerprint density at radius 1 is 1.04 bits per heavy atom. The Balaban J connectivity index is 1.69. The van der Waals surface area contributed by atoms with Crippen molar-refractivity contribution in [3.05, 3.63) is 64.7 Å². The van der Waals surface area contributed by atoms with Gasteiger partial charge < -0.3 is 15.4 Å². The number of benzene rings is 2. The smallest absolute Gasteiger partial charge is 0.229 e. The molecule has 0 radical (unpaired) electrons. The minimum atomic E-state index is -0.334. The van der Waals surface area contributed by atoms with Gasteiger partial charge in [0.05, 0.1) is 7.11 Å². The third-order valence-corrected chi connectivity index (χ3v) is 3.99. The number of hydrogen-bond acceptors (Lipinski definition) is 3. The molecule has 0 spiro atoms. The number of carbonyl (C=O) groups excluding carboxylic acids is 2. The second-order valence-corrected chi connectivity index (χ2v) is 5.90. The molecule has 0 aliphatic carbocycles. The lowest BCUT2D eigenvalue weighted by atomic mass is 10.1. The number of methoxy groups -OCH3 is 1. The van der Waals surface area contributed by atoms with E-state index < -0.39 is 0 Å². The van der Waals surface area contributed by atoms with Gasteiger partial charge in [0, 0.05) is 18.1 Å². The fraction of sp³-hybridized carbons (Fsp3) is 0.263. The molecule has 2 aromatic rings. The lowest BCUT2D eigenvalue weighted by Gasteiger charge is -2.08. The number of ether oxygens (including phenoxy) is 1. The van der Waals surface area contributed by atoms with Gasteiger partial charge in [0.25, 0.3) is 0 Å². The highest BCUT2D eigenvalue weighted by molar-refractivity contribution is 6.31. The summed E-state index contributed by atoms with van der Waals surface area (Å²) < 4.78 is 5.16. The molecule has 25 heavy (non-hydrogen) atoms. The third kappa shape index (κ3) is 6.47. The highest BCUT2D eigenvalue weighted by atomic mass is 35.5. The Bertz CT molecular complexity index is 734. The van der Waals surface area contributed by atoms with Crippen molar-refractivity contribution in [2.24, 2.45) is 0 Å². The molecule has 0 fully saturated rings. The molecular formula is C19H21ClN2O3. The van der Waals surface area contributed by atoms with Crippen molar-refractivity contribution in [2.45, 2.75) is 19.4 Å². The molecule has 0 aliphatic heterocycles. The fourth-order valence-electron chi connectivity index (χ4n) is 2.28. The van der Waals surface area contributed by atoms with Gasteiger partial charge in [0.2, 0.25) is 11.8 Å². The molecule has 0 unspecified atom stereocenters. The van der Waals surface area contributed by atoms with Gasteiger partial charge in [0.15, 0.2) is 0 Å². The molecule has 2 amide bonds. The lowest BCUT2D eigenvalue weighted by molar-refractivity contribution is -0.129. The number of nitrogens with one attached hydrogen (secondary N) is 2. The van der Waals surface area contributed by atoms with E-state index in [9.17, 15) is 9.59 Å². The van der Waals surface area contributed by atoms with E-state index in [1.54, 1.807) is 13.2 Å². The first-order valence-corrected chi connectivity index (χ1v) is 8.36. The van der Waals surface area contributed by atoms with E-state index in [-0.39, 0.29) is 18.2 Å². The predicted octanol–water partition coefficient (Wildman–Crippen LogP) is 2.71. The van der Waals surface area contributed by atoms with Gasteiger partial charge in [-0.05, 0) is 35.7 Å². The lowest BCUT2D eigenvalue weighted by Crippen LogP contribution is -2.32. The second kappa shape index (κ2) is 9.69. The van der Waals surface area contributed by atoms with Crippen molar-refractivity contribution in [1.29, 1.82) is 0 Å². The Morgan fingerprint density at radius 3 is 2.56 bits per heavy atom. The highest BCUT2D eigenvalue weighted by Crippen LogP contribution is 2.14. The van der Waals surface area contributed by atoms with Crippen molar-refractivity contribution >= 4 is 23.4 Å². The summed E-state index contributed by atoms with van der Waals surface area (Å²) >= 11 is 6.02. The SMILES string of the molecule is COc1cccc(CCNC(=O)CC(=O)NCc2ccccc2Cl)c1. The predicted molar refractivity (Wildman–Crippen MR) is 97.6 cm³/mol. The number of carbonyl (C=O) groups is 2. The van der Waals surface area contributed by atoms with Crippen LogP contribution < -0.4 is 15.4 Å². The minimum Gasteiger partial charge on any atom is -0.497 e. The van der Waals surface area contributed by atoms with Crippen LogP contribution in [0.2, 0.25) is 5.02 Å². The van der Waals surface area contributed by atoms with Gasteiger partial charge in [-0.15, -0.1) is 0 Å². The maximum atomic E-state index is 11.8. The number of halogens is 1. The largest absolute Gasteiger partial charge is 0.497 e. The average molecular weight is 361 g/mol. The summed E-state index contributed by atoms with van der Waals surface area (Å²) in [5, 5.41) is 6.02. The normalized spacial score (nSPS) is 10.2. The summed E-state index contributed by atoms with van der Waals surface area (Å²) in [6.45, 7) is 0.763. The van der Waals surface area contributed by atoms with Crippen LogP contribution in [0.5, 0.6) is 5.75 Å². The zero-order valence-corrected chi connectivity index (χ0v) is 14.8. The fourth-order valence-corrected chi connectivity index (χ4v) is 2.48. The molecule has 0 atom stereocenters. The van der Waals surface area contributed by atoms with Crippen LogP contribution in [0.25, 0.3) is 0 Å². The summed E-state index contributed by atoms with van der Waals surface area (Å²) in [4.78, 5) is 23.6. The molecule has 6 heteroatoms. The standard InChI is InChI=1S/C19H21ClN2O3/c1-25-16-7-4-5-14(11-16)9-10-21-18(23)12-19(24)22-13-15-6-2-3-8-17(15)20/h2-8,11H,9-10,12-13H2,1H3,(H,21,23)(H,22,24). The van der Waals surface area contributed by atoms with Gasteiger partial charge in [-0.2, -0.15) is 0 Å². The summed E-state index contributed by atoms with van der Waals surface area (Å²) in [7, 11) is 1.61. The van der Waals surface area contributed by atoms with E-state index in [0.29, 0.717) is 24.5 Å². The summed E-state index contributed by atoms with van der Waals surface area (Å²) in [6.07, 6.45) is 0.465. The van der Waals surface area contributed by atoms with E-state index in [0.717, 1.165) is 16.9 Å². The van der Waals surface area contributed by atoms with Crippen LogP contribution in [0.15, 0.2) is 48.5 Å². The van der Waals surface area contributed by atoms with Crippen molar-refractivity contribution in [1.82, 2.24) is 10.6 Å². The Labute approximate surface area is 152 Å². The van der Waals surface area contributed by atoms with Gasteiger partial charge in [-0.1, -0.05) is 41.9 Å². The molecule has 2 rings (SSSR count). The third-order valence-electron chi connectivity index (χ3n) is 3.62. The molecule has 0 aromatic heterocycles. The molecule has 0 bridgehead atoms. The molecule has 2 N–H and O–H groups in total. The molecule has 2 aromatic carbocycles. The molecule has 0 saturated heterocycles. The van der Waals surface area contributed by atoms with Crippen LogP contribution in [0.1, 0.15) is 17.5 Å². The molecule has 0 saturated carbocycles. The molecular weight excluding hydrogens is 340 g/mol. The summed E-state index contributed by atoms with van der Waals surface area (Å²) in [6, 6.07) is 14.9. The molecule has 132 valence electrons. The number of hydrogen-bond donors (Lipinski definition) is 2. The van der Waals surface area contributed by atoms with Gasteiger partial charge in [-0.3, -0.25) is 9.59 Å². The first-order chi connectivity index (χ1) is 12.1. The topological polar surface area (TPSA) is 67.4 Å². The van der Waals surface area contributed by atoms with Gasteiger partial charge >= 0.3 is 0 Å². The van der Waals surface area contributed by atoms with Crippen molar-refractivity contribution < 1.29 is 14.3 Å². The van der Waals surface area contributed by atoms with Crippen molar-refractivity contribution in [3.8, 4) is 5.75 Å². The maximum Gasteiger partial charge on any atom is 0.229 e. The zero-order chi connectivity index (χ0) is 18.1. The first kappa shape index (κ1) is 18.8. The average Bonchev–Trinajstić information content (AvgIpc) is 2.61. The van der Waals surface area contributed by atoms with E-state index in [1.807, 2.05) is 42.5 Å². The zero-order valence-electron chi connectivity index (χ0n) is 14.0. The Hall–Kier alpha value is -2.53. The second-order valence-electron chi connectivity index (χ2n) is 5.50.